The molecule has 4 heterocycles. The van der Waals surface area contributed by atoms with Gasteiger partial charge in [-0.2, -0.15) is 0 Å². The minimum Gasteiger partial charge on any atom is -0.489 e. The standard InChI is InChI=1S/C24H28N4O2/c1-18-23(27-17-26-18)15-28-10-7-24(8-11-28)22-5-4-21(13-20(22)6-12-30-24)29-16-19-3-2-9-25-14-19/h2-5,9,13-14,17H,6-8,10-12,15-16H2,1H3,(H,26,27). The molecule has 1 N–H and O–H groups in total. The minimum atomic E-state index is -0.160. The Kier molecular flexibility index (Phi) is 5.27. The van der Waals surface area contributed by atoms with Gasteiger partial charge in [-0.25, -0.2) is 4.98 Å². The Morgan fingerprint density at radius 2 is 2.13 bits per heavy atom. The molecule has 2 aromatic heterocycles. The van der Waals surface area contributed by atoms with Crippen LogP contribution in [-0.4, -0.2) is 39.5 Å². The number of likely N-dealkylation sites (tertiary alicyclic amines) is 1. The first-order chi connectivity index (χ1) is 14.7. The maximum absolute atomic E-state index is 6.41. The topological polar surface area (TPSA) is 63.3 Å². The lowest BCUT2D eigenvalue weighted by Crippen LogP contribution is -2.46. The molecular formula is C24H28N4O2. The summed E-state index contributed by atoms with van der Waals surface area (Å²) in [4.78, 5) is 14.3. The second-order valence-electron chi connectivity index (χ2n) is 8.31. The van der Waals surface area contributed by atoms with Gasteiger partial charge in [0.2, 0.25) is 0 Å². The normalized spacial score (nSPS) is 18.3. The molecule has 0 unspecified atom stereocenters. The maximum Gasteiger partial charge on any atom is 0.120 e. The number of hydrogen-bond acceptors (Lipinski definition) is 5. The number of H-pyrrole nitrogens is 1. The van der Waals surface area contributed by atoms with Gasteiger partial charge in [-0.1, -0.05) is 12.1 Å². The third-order valence-corrected chi connectivity index (χ3v) is 6.42. The van der Waals surface area contributed by atoms with Crippen molar-refractivity contribution in [3.63, 3.8) is 0 Å². The van der Waals surface area contributed by atoms with Crippen molar-refractivity contribution < 1.29 is 9.47 Å². The molecule has 1 aromatic carbocycles. The van der Waals surface area contributed by atoms with Gasteiger partial charge in [0, 0.05) is 43.3 Å². The van der Waals surface area contributed by atoms with Crippen LogP contribution < -0.4 is 4.74 Å². The summed E-state index contributed by atoms with van der Waals surface area (Å²) in [6, 6.07) is 10.5. The summed E-state index contributed by atoms with van der Waals surface area (Å²) in [5.74, 6) is 0.918. The smallest absolute Gasteiger partial charge is 0.120 e. The van der Waals surface area contributed by atoms with Crippen LogP contribution in [0.25, 0.3) is 0 Å². The molecule has 30 heavy (non-hydrogen) atoms. The quantitative estimate of drug-likeness (QED) is 0.702. The highest BCUT2D eigenvalue weighted by Crippen LogP contribution is 2.42. The summed E-state index contributed by atoms with van der Waals surface area (Å²) in [7, 11) is 0. The Hall–Kier alpha value is -2.70. The molecule has 2 aliphatic heterocycles. The van der Waals surface area contributed by atoms with Crippen molar-refractivity contribution >= 4 is 0 Å². The zero-order chi connectivity index (χ0) is 20.4. The zero-order valence-corrected chi connectivity index (χ0v) is 17.4. The van der Waals surface area contributed by atoms with Gasteiger partial charge in [0.25, 0.3) is 0 Å². The summed E-state index contributed by atoms with van der Waals surface area (Å²) < 4.78 is 12.4. The van der Waals surface area contributed by atoms with Gasteiger partial charge in [0.15, 0.2) is 0 Å². The summed E-state index contributed by atoms with van der Waals surface area (Å²) >= 11 is 0. The van der Waals surface area contributed by atoms with E-state index in [1.54, 1.807) is 12.5 Å². The van der Waals surface area contributed by atoms with E-state index in [1.807, 2.05) is 18.3 Å². The van der Waals surface area contributed by atoms with Crippen molar-refractivity contribution in [3.8, 4) is 5.75 Å². The monoisotopic (exact) mass is 404 g/mol. The summed E-state index contributed by atoms with van der Waals surface area (Å²) in [6.45, 7) is 6.34. The lowest BCUT2D eigenvalue weighted by Gasteiger charge is -2.45. The van der Waals surface area contributed by atoms with Crippen molar-refractivity contribution in [1.29, 1.82) is 0 Å². The highest BCUT2D eigenvalue weighted by atomic mass is 16.5. The lowest BCUT2D eigenvalue weighted by atomic mass is 9.79. The van der Waals surface area contributed by atoms with Gasteiger partial charge in [-0.05, 0) is 55.5 Å². The molecule has 0 atom stereocenters. The summed E-state index contributed by atoms with van der Waals surface area (Å²) in [5, 5.41) is 0. The second-order valence-corrected chi connectivity index (χ2v) is 8.31. The number of nitrogens with one attached hydrogen (secondary N) is 1. The van der Waals surface area contributed by atoms with Crippen LogP contribution in [0.1, 0.15) is 40.9 Å². The molecule has 0 radical (unpaired) electrons. The van der Waals surface area contributed by atoms with E-state index < -0.39 is 0 Å². The van der Waals surface area contributed by atoms with E-state index in [0.717, 1.165) is 68.2 Å². The molecule has 0 bridgehead atoms. The van der Waals surface area contributed by atoms with Gasteiger partial charge in [-0.15, -0.1) is 0 Å². The number of aromatic amines is 1. The number of benzene rings is 1. The van der Waals surface area contributed by atoms with E-state index in [4.69, 9.17) is 9.47 Å². The Morgan fingerprint density at radius 1 is 1.23 bits per heavy atom. The van der Waals surface area contributed by atoms with Crippen LogP contribution in [0.5, 0.6) is 5.75 Å². The lowest BCUT2D eigenvalue weighted by molar-refractivity contribution is -0.0990. The molecule has 1 spiro atoms. The predicted molar refractivity (Wildman–Crippen MR) is 114 cm³/mol. The zero-order valence-electron chi connectivity index (χ0n) is 17.4. The fourth-order valence-electron chi connectivity index (χ4n) is 4.64. The molecule has 6 heteroatoms. The van der Waals surface area contributed by atoms with Crippen LogP contribution in [0.3, 0.4) is 0 Å². The van der Waals surface area contributed by atoms with Crippen LogP contribution >= 0.6 is 0 Å². The second kappa shape index (κ2) is 8.20. The van der Waals surface area contributed by atoms with E-state index in [9.17, 15) is 0 Å². The highest BCUT2D eigenvalue weighted by molar-refractivity contribution is 5.41. The van der Waals surface area contributed by atoms with Crippen LogP contribution in [0, 0.1) is 6.92 Å². The number of pyridine rings is 1. The molecule has 2 aliphatic rings. The molecule has 1 saturated heterocycles. The average molecular weight is 405 g/mol. The van der Waals surface area contributed by atoms with Crippen molar-refractivity contribution in [3.05, 3.63) is 77.1 Å². The van der Waals surface area contributed by atoms with E-state index in [0.29, 0.717) is 6.61 Å². The van der Waals surface area contributed by atoms with E-state index in [1.165, 1.54) is 11.1 Å². The number of rotatable bonds is 5. The number of piperidine rings is 1. The number of fused-ring (bicyclic) bond motifs is 2. The minimum absolute atomic E-state index is 0.160. The number of ether oxygens (including phenoxy) is 2. The van der Waals surface area contributed by atoms with E-state index >= 15 is 0 Å². The van der Waals surface area contributed by atoms with Crippen molar-refractivity contribution in [1.82, 2.24) is 19.9 Å². The Balaban J connectivity index is 1.27. The highest BCUT2D eigenvalue weighted by Gasteiger charge is 2.40. The number of aryl methyl sites for hydroxylation is 1. The van der Waals surface area contributed by atoms with Gasteiger partial charge in [-0.3, -0.25) is 9.88 Å². The van der Waals surface area contributed by atoms with Crippen molar-refractivity contribution in [2.45, 2.75) is 44.9 Å². The number of imidazole rings is 1. The van der Waals surface area contributed by atoms with Crippen LogP contribution in [0.4, 0.5) is 0 Å². The van der Waals surface area contributed by atoms with Gasteiger partial charge in [0.1, 0.15) is 12.4 Å². The van der Waals surface area contributed by atoms with Crippen LogP contribution in [-0.2, 0) is 29.9 Å². The van der Waals surface area contributed by atoms with Gasteiger partial charge in [0.05, 0.1) is 24.2 Å². The third-order valence-electron chi connectivity index (χ3n) is 6.42. The van der Waals surface area contributed by atoms with Crippen molar-refractivity contribution in [2.75, 3.05) is 19.7 Å². The Bertz CT molecular complexity index is 993. The molecule has 6 nitrogen and oxygen atoms in total. The average Bonchev–Trinajstić information content (AvgIpc) is 3.19. The molecule has 1 fully saturated rings. The Labute approximate surface area is 177 Å². The number of aromatic nitrogens is 3. The molecule has 0 saturated carbocycles. The first-order valence-corrected chi connectivity index (χ1v) is 10.7. The Morgan fingerprint density at radius 3 is 2.90 bits per heavy atom. The molecule has 0 amide bonds. The number of hydrogen-bond donors (Lipinski definition) is 1. The summed E-state index contributed by atoms with van der Waals surface area (Å²) in [6.07, 6.45) is 8.38. The van der Waals surface area contributed by atoms with Crippen molar-refractivity contribution in [2.24, 2.45) is 0 Å². The molecular weight excluding hydrogens is 376 g/mol. The third kappa shape index (κ3) is 3.85. The fraction of sp³-hybridized carbons (Fsp3) is 0.417. The fourth-order valence-corrected chi connectivity index (χ4v) is 4.64. The van der Waals surface area contributed by atoms with Gasteiger partial charge >= 0.3 is 0 Å². The van der Waals surface area contributed by atoms with Gasteiger partial charge < -0.3 is 14.5 Å². The molecule has 5 rings (SSSR count). The van der Waals surface area contributed by atoms with E-state index in [2.05, 4.69) is 45.0 Å². The maximum atomic E-state index is 6.41. The SMILES string of the molecule is Cc1[nH]cnc1CN1CCC2(CC1)OCCc1cc(OCc3cccnc3)ccc12. The first-order valence-electron chi connectivity index (χ1n) is 10.7. The first kappa shape index (κ1) is 19.3. The largest absolute Gasteiger partial charge is 0.489 e. The summed E-state index contributed by atoms with van der Waals surface area (Å²) in [5.41, 5.74) is 5.93. The van der Waals surface area contributed by atoms with Crippen LogP contribution in [0.2, 0.25) is 0 Å². The molecule has 0 aliphatic carbocycles. The molecule has 3 aromatic rings. The van der Waals surface area contributed by atoms with Crippen LogP contribution in [0.15, 0.2) is 49.1 Å². The van der Waals surface area contributed by atoms with E-state index in [-0.39, 0.29) is 5.60 Å². The molecule has 156 valence electrons. The predicted octanol–water partition coefficient (Wildman–Crippen LogP) is 3.76. The number of nitrogens with zero attached hydrogens (tertiary/aromatic N) is 3.